The lowest BCUT2D eigenvalue weighted by atomic mass is 10.2. The molecule has 126 valence electrons. The second kappa shape index (κ2) is 6.69. The Morgan fingerprint density at radius 2 is 0.962 bits per heavy atom. The van der Waals surface area contributed by atoms with E-state index in [1.807, 2.05) is 72.8 Å². The molecule has 0 fully saturated rings. The van der Waals surface area contributed by atoms with Crippen molar-refractivity contribution < 1.29 is 9.59 Å². The van der Waals surface area contributed by atoms with E-state index in [4.69, 9.17) is 0 Å². The number of hydrogen-bond donors (Lipinski definition) is 0. The Morgan fingerprint density at radius 3 is 1.42 bits per heavy atom. The van der Waals surface area contributed by atoms with Gasteiger partial charge in [-0.3, -0.25) is 9.59 Å². The van der Waals surface area contributed by atoms with E-state index in [0.717, 1.165) is 17.1 Å². The fraction of sp³-hybridized carbons (Fsp3) is 0. The predicted octanol–water partition coefficient (Wildman–Crippen LogP) is 4.59. The van der Waals surface area contributed by atoms with E-state index in [9.17, 15) is 9.59 Å². The lowest BCUT2D eigenvalue weighted by Crippen LogP contribution is -2.29. The minimum Gasteiger partial charge on any atom is -0.311 e. The number of carbonyl (C=O) groups is 2. The van der Waals surface area contributed by atoms with Crippen molar-refractivity contribution in [3.05, 3.63) is 97.1 Å². The molecule has 1 aliphatic rings. The number of hydrogen-bond acceptors (Lipinski definition) is 3. The maximum atomic E-state index is 11.9. The van der Waals surface area contributed by atoms with Crippen molar-refractivity contribution in [2.45, 2.75) is 0 Å². The molecular weight excluding hydrogens is 324 g/mol. The number of para-hydroxylation sites is 2. The van der Waals surface area contributed by atoms with Crippen molar-refractivity contribution in [2.75, 3.05) is 9.80 Å². The van der Waals surface area contributed by atoms with Crippen LogP contribution in [0.2, 0.25) is 0 Å². The molecule has 0 N–H and O–H groups in total. The Morgan fingerprint density at radius 1 is 0.538 bits per heavy atom. The maximum Gasteiger partial charge on any atom is 0.258 e. The zero-order valence-corrected chi connectivity index (χ0v) is 13.9. The Hall–Kier alpha value is -3.66. The molecule has 0 radical (unpaired) electrons. The van der Waals surface area contributed by atoms with Crippen molar-refractivity contribution in [2.24, 2.45) is 0 Å². The molecule has 0 spiro atoms. The second-order valence-corrected chi connectivity index (χ2v) is 5.87. The highest BCUT2D eigenvalue weighted by atomic mass is 16.2. The molecule has 4 heteroatoms. The first kappa shape index (κ1) is 15.8. The predicted molar refractivity (Wildman–Crippen MR) is 103 cm³/mol. The van der Waals surface area contributed by atoms with E-state index in [1.165, 1.54) is 17.1 Å². The first-order valence-corrected chi connectivity index (χ1v) is 8.30. The van der Waals surface area contributed by atoms with Crippen molar-refractivity contribution in [1.29, 1.82) is 0 Å². The molecule has 4 nitrogen and oxygen atoms in total. The lowest BCUT2D eigenvalue weighted by molar-refractivity contribution is -0.119. The van der Waals surface area contributed by atoms with E-state index < -0.39 is 0 Å². The van der Waals surface area contributed by atoms with Crippen LogP contribution < -0.4 is 9.80 Å². The molecule has 2 amide bonds. The van der Waals surface area contributed by atoms with Crippen LogP contribution >= 0.6 is 0 Å². The molecule has 0 saturated heterocycles. The molecule has 4 rings (SSSR count). The number of benzene rings is 3. The topological polar surface area (TPSA) is 40.6 Å². The van der Waals surface area contributed by atoms with Gasteiger partial charge in [-0.2, -0.15) is 0 Å². The first-order chi connectivity index (χ1) is 12.7. The summed E-state index contributed by atoms with van der Waals surface area (Å²) >= 11 is 0. The average Bonchev–Trinajstić information content (AvgIpc) is 3.03. The highest BCUT2D eigenvalue weighted by Gasteiger charge is 2.25. The summed E-state index contributed by atoms with van der Waals surface area (Å²) in [6.45, 7) is 0. The van der Waals surface area contributed by atoms with Gasteiger partial charge in [0.1, 0.15) is 0 Å². The van der Waals surface area contributed by atoms with Crippen molar-refractivity contribution in [1.82, 2.24) is 0 Å². The summed E-state index contributed by atoms with van der Waals surface area (Å²) in [6, 6.07) is 27.5. The van der Waals surface area contributed by atoms with Gasteiger partial charge in [0.05, 0.1) is 5.69 Å². The smallest absolute Gasteiger partial charge is 0.258 e. The van der Waals surface area contributed by atoms with Crippen LogP contribution in [0.3, 0.4) is 0 Å². The summed E-state index contributed by atoms with van der Waals surface area (Å²) in [6.07, 6.45) is 2.58. The van der Waals surface area contributed by atoms with Gasteiger partial charge < -0.3 is 4.90 Å². The molecule has 0 bridgehead atoms. The SMILES string of the molecule is O=C1C=CC(=O)N1c1ccc(N(c2ccccc2)c2ccccc2)cc1. The van der Waals surface area contributed by atoms with Crippen LogP contribution in [0.4, 0.5) is 22.7 Å². The molecule has 0 aliphatic carbocycles. The van der Waals surface area contributed by atoms with Gasteiger partial charge >= 0.3 is 0 Å². The third-order valence-electron chi connectivity index (χ3n) is 4.20. The minimum atomic E-state index is -0.314. The first-order valence-electron chi connectivity index (χ1n) is 8.30. The Bertz CT molecular complexity index is 907. The normalized spacial score (nSPS) is 13.3. The van der Waals surface area contributed by atoms with Crippen molar-refractivity contribution >= 4 is 34.6 Å². The van der Waals surface area contributed by atoms with Crippen LogP contribution in [0.15, 0.2) is 97.1 Å². The van der Waals surface area contributed by atoms with Crippen LogP contribution in [0.5, 0.6) is 0 Å². The molecular formula is C22H16N2O2. The summed E-state index contributed by atoms with van der Waals surface area (Å²) in [5.41, 5.74) is 3.57. The molecule has 1 heterocycles. The highest BCUT2D eigenvalue weighted by molar-refractivity contribution is 6.28. The van der Waals surface area contributed by atoms with Gasteiger partial charge in [0, 0.05) is 29.2 Å². The largest absolute Gasteiger partial charge is 0.311 e. The van der Waals surface area contributed by atoms with Crippen LogP contribution in [0, 0.1) is 0 Å². The van der Waals surface area contributed by atoms with Crippen LogP contribution in [-0.4, -0.2) is 11.8 Å². The Kier molecular flexibility index (Phi) is 4.07. The third-order valence-corrected chi connectivity index (χ3v) is 4.20. The van der Waals surface area contributed by atoms with E-state index in [1.54, 1.807) is 12.1 Å². The zero-order valence-electron chi connectivity index (χ0n) is 13.9. The van der Waals surface area contributed by atoms with Gasteiger partial charge in [-0.25, -0.2) is 4.90 Å². The zero-order chi connectivity index (χ0) is 17.9. The summed E-state index contributed by atoms with van der Waals surface area (Å²) in [7, 11) is 0. The molecule has 0 aromatic heterocycles. The Labute approximate surface area is 151 Å². The molecule has 0 saturated carbocycles. The minimum absolute atomic E-state index is 0.314. The summed E-state index contributed by atoms with van der Waals surface area (Å²) in [5, 5.41) is 0. The Balaban J connectivity index is 1.73. The van der Waals surface area contributed by atoms with Crippen LogP contribution in [0.1, 0.15) is 0 Å². The molecule has 3 aromatic carbocycles. The standard InChI is InChI=1S/C22H16N2O2/c25-21-15-16-22(26)24(21)20-13-11-19(12-14-20)23(17-7-3-1-4-8-17)18-9-5-2-6-10-18/h1-16H. The monoisotopic (exact) mass is 340 g/mol. The van der Waals surface area contributed by atoms with Gasteiger partial charge in [-0.1, -0.05) is 36.4 Å². The van der Waals surface area contributed by atoms with Crippen molar-refractivity contribution in [3.8, 4) is 0 Å². The molecule has 1 aliphatic heterocycles. The van der Waals surface area contributed by atoms with Gasteiger partial charge in [0.2, 0.25) is 0 Å². The fourth-order valence-corrected chi connectivity index (χ4v) is 3.01. The van der Waals surface area contributed by atoms with E-state index in [2.05, 4.69) is 4.90 Å². The molecule has 26 heavy (non-hydrogen) atoms. The van der Waals surface area contributed by atoms with Crippen molar-refractivity contribution in [3.63, 3.8) is 0 Å². The van der Waals surface area contributed by atoms with Crippen LogP contribution in [-0.2, 0) is 9.59 Å². The fourth-order valence-electron chi connectivity index (χ4n) is 3.01. The van der Waals surface area contributed by atoms with E-state index in [-0.39, 0.29) is 11.8 Å². The highest BCUT2D eigenvalue weighted by Crippen LogP contribution is 2.35. The number of amides is 2. The summed E-state index contributed by atoms with van der Waals surface area (Å²) in [5.74, 6) is -0.628. The summed E-state index contributed by atoms with van der Waals surface area (Å²) < 4.78 is 0. The van der Waals surface area contributed by atoms with Crippen LogP contribution in [0.25, 0.3) is 0 Å². The quantitative estimate of drug-likeness (QED) is 0.653. The number of anilines is 4. The molecule has 0 unspecified atom stereocenters. The van der Waals surface area contributed by atoms with E-state index >= 15 is 0 Å². The van der Waals surface area contributed by atoms with E-state index in [0.29, 0.717) is 5.69 Å². The van der Waals surface area contributed by atoms with Gasteiger partial charge in [0.25, 0.3) is 11.8 Å². The van der Waals surface area contributed by atoms with Gasteiger partial charge in [0.15, 0.2) is 0 Å². The number of rotatable bonds is 4. The third kappa shape index (κ3) is 2.89. The molecule has 3 aromatic rings. The summed E-state index contributed by atoms with van der Waals surface area (Å²) in [4.78, 5) is 27.0. The second-order valence-electron chi connectivity index (χ2n) is 5.87. The number of nitrogens with zero attached hydrogens (tertiary/aromatic N) is 2. The van der Waals surface area contributed by atoms with Gasteiger partial charge in [-0.15, -0.1) is 0 Å². The number of carbonyl (C=O) groups excluding carboxylic acids is 2. The maximum absolute atomic E-state index is 11.9. The number of imide groups is 1. The van der Waals surface area contributed by atoms with Gasteiger partial charge in [-0.05, 0) is 48.5 Å². The lowest BCUT2D eigenvalue weighted by Gasteiger charge is -2.26. The average molecular weight is 340 g/mol. The molecule has 0 atom stereocenters.